The van der Waals surface area contributed by atoms with E-state index in [1.807, 2.05) is 0 Å². The molecule has 0 unspecified atom stereocenters. The summed E-state index contributed by atoms with van der Waals surface area (Å²) in [6.45, 7) is 9.00. The van der Waals surface area contributed by atoms with Crippen LogP contribution in [0.25, 0.3) is 0 Å². The largest absolute Gasteiger partial charge is 0.317 e. The molecule has 0 spiro atoms. The number of hydrogen-bond donors (Lipinski definition) is 1. The van der Waals surface area contributed by atoms with Gasteiger partial charge in [-0.1, -0.05) is 97.8 Å². The molecule has 0 bridgehead atoms. The monoisotopic (exact) mass is 283 g/mol. The summed E-state index contributed by atoms with van der Waals surface area (Å²) in [6, 6.07) is 0. The molecule has 1 nitrogen and oxygen atoms in total. The summed E-state index contributed by atoms with van der Waals surface area (Å²) in [7, 11) is 0. The van der Waals surface area contributed by atoms with Crippen LogP contribution in [-0.2, 0) is 0 Å². The Kier molecular flexibility index (Phi) is 17.0. The van der Waals surface area contributed by atoms with Crippen molar-refractivity contribution in [1.29, 1.82) is 0 Å². The number of rotatable bonds is 4. The Morgan fingerprint density at radius 3 is 1.50 bits per heavy atom. The molecule has 1 N–H and O–H groups in total. The highest BCUT2D eigenvalue weighted by atomic mass is 14.8. The fourth-order valence-electron chi connectivity index (χ4n) is 2.85. The van der Waals surface area contributed by atoms with Crippen LogP contribution in [0.15, 0.2) is 0 Å². The first-order valence-corrected chi connectivity index (χ1v) is 9.52. The molecule has 0 aromatic rings. The van der Waals surface area contributed by atoms with E-state index in [9.17, 15) is 0 Å². The Labute approximate surface area is 129 Å². The summed E-state index contributed by atoms with van der Waals surface area (Å²) in [4.78, 5) is 0. The van der Waals surface area contributed by atoms with Crippen LogP contribution in [0.4, 0.5) is 0 Å². The van der Waals surface area contributed by atoms with Crippen molar-refractivity contribution < 1.29 is 0 Å². The topological polar surface area (TPSA) is 12.0 Å². The molecule has 0 saturated heterocycles. The lowest BCUT2D eigenvalue weighted by Crippen LogP contribution is -2.13. The van der Waals surface area contributed by atoms with E-state index in [-0.39, 0.29) is 0 Å². The van der Waals surface area contributed by atoms with E-state index in [4.69, 9.17) is 0 Å². The van der Waals surface area contributed by atoms with E-state index < -0.39 is 0 Å². The van der Waals surface area contributed by atoms with Crippen LogP contribution in [0.1, 0.15) is 104 Å². The van der Waals surface area contributed by atoms with Gasteiger partial charge >= 0.3 is 0 Å². The van der Waals surface area contributed by atoms with Crippen LogP contribution in [0.5, 0.6) is 0 Å². The number of unbranched alkanes of at least 4 members (excludes halogenated alkanes) is 1. The van der Waals surface area contributed by atoms with Crippen molar-refractivity contribution in [3.8, 4) is 0 Å². The van der Waals surface area contributed by atoms with Crippen molar-refractivity contribution >= 4 is 0 Å². The SMILES string of the molecule is C1CCCCC1.CC1CCCCC1.CCCCNCC. The van der Waals surface area contributed by atoms with E-state index in [0.717, 1.165) is 12.5 Å². The Morgan fingerprint density at radius 1 is 0.750 bits per heavy atom. The summed E-state index contributed by atoms with van der Waals surface area (Å²) in [6.07, 6.45) is 19.0. The van der Waals surface area contributed by atoms with Gasteiger partial charge in [-0.25, -0.2) is 0 Å². The molecule has 0 aromatic heterocycles. The quantitative estimate of drug-likeness (QED) is 0.595. The minimum absolute atomic E-state index is 1.04. The lowest BCUT2D eigenvalue weighted by molar-refractivity contribution is 0.385. The van der Waals surface area contributed by atoms with Crippen LogP contribution < -0.4 is 5.32 Å². The smallest absolute Gasteiger partial charge is 0.00491 e. The van der Waals surface area contributed by atoms with E-state index in [1.54, 1.807) is 0 Å². The van der Waals surface area contributed by atoms with Gasteiger partial charge in [-0.05, 0) is 25.4 Å². The predicted octanol–water partition coefficient (Wildman–Crippen LogP) is 6.32. The zero-order valence-electron chi connectivity index (χ0n) is 14.7. The van der Waals surface area contributed by atoms with Crippen LogP contribution in [-0.4, -0.2) is 13.1 Å². The summed E-state index contributed by atoms with van der Waals surface area (Å²) < 4.78 is 0. The molecule has 0 heterocycles. The third kappa shape index (κ3) is 16.0. The molecule has 2 aliphatic carbocycles. The van der Waals surface area contributed by atoms with Gasteiger partial charge in [-0.2, -0.15) is 0 Å². The van der Waals surface area contributed by atoms with Crippen LogP contribution in [0.3, 0.4) is 0 Å². The second-order valence-electron chi connectivity index (χ2n) is 6.57. The third-order valence-corrected chi connectivity index (χ3v) is 4.35. The fraction of sp³-hybridized carbons (Fsp3) is 1.00. The normalized spacial score (nSPS) is 19.4. The molecule has 0 aromatic carbocycles. The lowest BCUT2D eigenvalue weighted by atomic mass is 9.91. The minimum Gasteiger partial charge on any atom is -0.317 e. The molecule has 0 radical (unpaired) electrons. The van der Waals surface area contributed by atoms with Crippen LogP contribution in [0.2, 0.25) is 0 Å². The highest BCUT2D eigenvalue weighted by molar-refractivity contribution is 4.59. The highest BCUT2D eigenvalue weighted by Gasteiger charge is 2.05. The zero-order valence-corrected chi connectivity index (χ0v) is 14.7. The average molecular weight is 284 g/mol. The van der Waals surface area contributed by atoms with Crippen molar-refractivity contribution in [2.24, 2.45) is 5.92 Å². The van der Waals surface area contributed by atoms with Gasteiger partial charge in [0.05, 0.1) is 0 Å². The van der Waals surface area contributed by atoms with Crippen LogP contribution in [0, 0.1) is 5.92 Å². The zero-order chi connectivity index (χ0) is 14.9. The van der Waals surface area contributed by atoms with Crippen molar-refractivity contribution in [3.05, 3.63) is 0 Å². The maximum absolute atomic E-state index is 3.25. The molecule has 2 aliphatic rings. The van der Waals surface area contributed by atoms with Crippen molar-refractivity contribution in [2.75, 3.05) is 13.1 Å². The van der Waals surface area contributed by atoms with Gasteiger partial charge < -0.3 is 5.32 Å². The standard InChI is InChI=1S/C7H14.C6H15N.C6H12/c1-7-5-3-2-4-6-7;1-3-5-6-7-4-2;1-2-4-6-5-3-1/h7H,2-6H2,1H3;7H,3-6H2,1-2H3;1-6H2. The fourth-order valence-corrected chi connectivity index (χ4v) is 2.85. The summed E-state index contributed by atoms with van der Waals surface area (Å²) in [5.74, 6) is 1.04. The lowest BCUT2D eigenvalue weighted by Gasteiger charge is -2.15. The Balaban J connectivity index is 0.000000271. The average Bonchev–Trinajstić information content (AvgIpc) is 2.52. The van der Waals surface area contributed by atoms with Crippen LogP contribution >= 0.6 is 0 Å². The number of nitrogens with one attached hydrogen (secondary N) is 1. The molecular formula is C19H41N. The molecule has 0 aliphatic heterocycles. The van der Waals surface area contributed by atoms with Crippen molar-refractivity contribution in [3.63, 3.8) is 0 Å². The molecule has 0 amide bonds. The van der Waals surface area contributed by atoms with Gasteiger partial charge in [0.25, 0.3) is 0 Å². The first-order valence-electron chi connectivity index (χ1n) is 9.52. The molecule has 2 rings (SSSR count). The van der Waals surface area contributed by atoms with Gasteiger partial charge in [0.1, 0.15) is 0 Å². The summed E-state index contributed by atoms with van der Waals surface area (Å²) in [5, 5.41) is 3.25. The number of hydrogen-bond acceptors (Lipinski definition) is 1. The maximum atomic E-state index is 3.25. The minimum atomic E-state index is 1.04. The van der Waals surface area contributed by atoms with Gasteiger partial charge in [-0.3, -0.25) is 0 Å². The summed E-state index contributed by atoms with van der Waals surface area (Å²) in [5.41, 5.74) is 0. The first-order chi connectivity index (χ1) is 9.81. The van der Waals surface area contributed by atoms with E-state index in [2.05, 4.69) is 26.1 Å². The van der Waals surface area contributed by atoms with Crippen molar-refractivity contribution in [2.45, 2.75) is 104 Å². The molecule has 2 saturated carbocycles. The maximum Gasteiger partial charge on any atom is -0.00491 e. The second kappa shape index (κ2) is 17.0. The molecular weight excluding hydrogens is 242 g/mol. The molecule has 2 fully saturated rings. The van der Waals surface area contributed by atoms with E-state index >= 15 is 0 Å². The first kappa shape index (κ1) is 20.0. The third-order valence-electron chi connectivity index (χ3n) is 4.35. The second-order valence-corrected chi connectivity index (χ2v) is 6.57. The van der Waals surface area contributed by atoms with Gasteiger partial charge in [0, 0.05) is 0 Å². The molecule has 1 heteroatoms. The highest BCUT2D eigenvalue weighted by Crippen LogP contribution is 2.22. The Bertz CT molecular complexity index is 142. The van der Waals surface area contributed by atoms with E-state index in [1.165, 1.54) is 90.0 Å². The van der Waals surface area contributed by atoms with Gasteiger partial charge in [-0.15, -0.1) is 0 Å². The van der Waals surface area contributed by atoms with Gasteiger partial charge in [0.15, 0.2) is 0 Å². The summed E-state index contributed by atoms with van der Waals surface area (Å²) >= 11 is 0. The predicted molar refractivity (Wildman–Crippen MR) is 93.4 cm³/mol. The van der Waals surface area contributed by atoms with Gasteiger partial charge in [0.2, 0.25) is 0 Å². The Hall–Kier alpha value is -0.0400. The molecule has 0 atom stereocenters. The van der Waals surface area contributed by atoms with Crippen molar-refractivity contribution in [1.82, 2.24) is 5.32 Å². The molecule has 20 heavy (non-hydrogen) atoms. The Morgan fingerprint density at radius 2 is 1.20 bits per heavy atom. The van der Waals surface area contributed by atoms with E-state index in [0.29, 0.717) is 0 Å². The molecule has 122 valence electrons.